The summed E-state index contributed by atoms with van der Waals surface area (Å²) in [4.78, 5) is 0.768. The summed E-state index contributed by atoms with van der Waals surface area (Å²) in [5, 5.41) is 0.459. The molecule has 5 heteroatoms. The van der Waals surface area contributed by atoms with Gasteiger partial charge >= 0.3 is 6.18 Å². The first-order chi connectivity index (χ1) is 9.27. The van der Waals surface area contributed by atoms with Crippen LogP contribution in [0.3, 0.4) is 0 Å². The highest BCUT2D eigenvalue weighted by atomic mass is 32.2. The Bertz CT molecular complexity index is 473. The van der Waals surface area contributed by atoms with Crippen LogP contribution in [0, 0.1) is 11.8 Å². The van der Waals surface area contributed by atoms with Gasteiger partial charge in [0, 0.05) is 15.8 Å². The van der Waals surface area contributed by atoms with E-state index < -0.39 is 11.7 Å². The predicted molar refractivity (Wildman–Crippen MR) is 77.7 cm³/mol. The maximum absolute atomic E-state index is 12.6. The molecule has 3 unspecified atom stereocenters. The van der Waals surface area contributed by atoms with Crippen molar-refractivity contribution >= 4 is 17.4 Å². The molecule has 20 heavy (non-hydrogen) atoms. The van der Waals surface area contributed by atoms with E-state index >= 15 is 0 Å². The van der Waals surface area contributed by atoms with Crippen molar-refractivity contribution in [3.63, 3.8) is 0 Å². The second-order valence-corrected chi connectivity index (χ2v) is 7.10. The Morgan fingerprint density at radius 3 is 2.40 bits per heavy atom. The fourth-order valence-electron chi connectivity index (χ4n) is 2.62. The lowest BCUT2D eigenvalue weighted by Gasteiger charge is -2.31. The first kappa shape index (κ1) is 15.5. The zero-order chi connectivity index (χ0) is 14.9. The first-order valence-corrected chi connectivity index (χ1v) is 7.78. The zero-order valence-electron chi connectivity index (χ0n) is 11.7. The molecular weight excluding hydrogens is 283 g/mol. The molecule has 2 N–H and O–H groups in total. The van der Waals surface area contributed by atoms with Gasteiger partial charge in [-0.3, -0.25) is 0 Å². The Hall–Kier alpha value is -0.840. The van der Waals surface area contributed by atoms with E-state index in [0.717, 1.165) is 35.8 Å². The molecule has 0 spiro atoms. The van der Waals surface area contributed by atoms with Gasteiger partial charge in [0.15, 0.2) is 0 Å². The molecule has 0 bridgehead atoms. The van der Waals surface area contributed by atoms with E-state index in [9.17, 15) is 13.2 Å². The molecule has 1 aliphatic carbocycles. The Morgan fingerprint density at radius 2 is 1.85 bits per heavy atom. The standard InChI is InChI=1S/C15H20F3NS/c1-9-3-5-12(7-10(9)2)20-14-6-4-11(8-13(14)19)15(16,17)18/h4,6,8-10,12H,3,5,7,19H2,1-2H3. The lowest BCUT2D eigenvalue weighted by Crippen LogP contribution is -2.22. The van der Waals surface area contributed by atoms with Crippen LogP contribution in [0.1, 0.15) is 38.7 Å². The van der Waals surface area contributed by atoms with Crippen LogP contribution in [0.15, 0.2) is 23.1 Å². The van der Waals surface area contributed by atoms with E-state index in [2.05, 4.69) is 13.8 Å². The van der Waals surface area contributed by atoms with E-state index in [1.54, 1.807) is 11.8 Å². The van der Waals surface area contributed by atoms with Gasteiger partial charge in [-0.1, -0.05) is 13.8 Å². The van der Waals surface area contributed by atoms with Gasteiger partial charge in [-0.25, -0.2) is 0 Å². The van der Waals surface area contributed by atoms with Crippen molar-refractivity contribution in [2.24, 2.45) is 11.8 Å². The molecule has 1 aromatic rings. The third kappa shape index (κ3) is 3.62. The molecule has 0 aromatic heterocycles. The summed E-state index contributed by atoms with van der Waals surface area (Å²) in [6.45, 7) is 4.51. The van der Waals surface area contributed by atoms with Crippen molar-refractivity contribution in [3.8, 4) is 0 Å². The molecule has 3 atom stereocenters. The lowest BCUT2D eigenvalue weighted by atomic mass is 9.81. The summed E-state index contributed by atoms with van der Waals surface area (Å²) in [6, 6.07) is 3.66. The van der Waals surface area contributed by atoms with Gasteiger partial charge in [-0.05, 0) is 49.3 Å². The van der Waals surface area contributed by atoms with Gasteiger partial charge in [0.1, 0.15) is 0 Å². The fraction of sp³-hybridized carbons (Fsp3) is 0.600. The highest BCUT2D eigenvalue weighted by molar-refractivity contribution is 8.00. The smallest absolute Gasteiger partial charge is 0.398 e. The van der Waals surface area contributed by atoms with Crippen molar-refractivity contribution in [1.82, 2.24) is 0 Å². The summed E-state index contributed by atoms with van der Waals surface area (Å²) in [6.07, 6.45) is -0.936. The van der Waals surface area contributed by atoms with Crippen molar-refractivity contribution in [2.45, 2.75) is 49.4 Å². The van der Waals surface area contributed by atoms with Crippen LogP contribution in [0.2, 0.25) is 0 Å². The van der Waals surface area contributed by atoms with Crippen LogP contribution in [0.5, 0.6) is 0 Å². The first-order valence-electron chi connectivity index (χ1n) is 6.90. The highest BCUT2D eigenvalue weighted by Gasteiger charge is 2.31. The fourth-order valence-corrected chi connectivity index (χ4v) is 3.97. The van der Waals surface area contributed by atoms with Gasteiger partial charge in [0.2, 0.25) is 0 Å². The monoisotopic (exact) mass is 303 g/mol. The largest absolute Gasteiger partial charge is 0.416 e. The second-order valence-electron chi connectivity index (χ2n) is 5.76. The molecule has 0 saturated heterocycles. The second kappa shape index (κ2) is 5.88. The van der Waals surface area contributed by atoms with Gasteiger partial charge < -0.3 is 5.73 Å². The van der Waals surface area contributed by atoms with Gasteiger partial charge in [0.25, 0.3) is 0 Å². The maximum atomic E-state index is 12.6. The Morgan fingerprint density at radius 1 is 1.15 bits per heavy atom. The Balaban J connectivity index is 2.07. The van der Waals surface area contributed by atoms with Crippen molar-refractivity contribution in [2.75, 3.05) is 5.73 Å². The topological polar surface area (TPSA) is 26.0 Å². The molecule has 1 aromatic carbocycles. The van der Waals surface area contributed by atoms with Gasteiger partial charge in [-0.15, -0.1) is 11.8 Å². The minimum absolute atomic E-state index is 0.233. The summed E-state index contributed by atoms with van der Waals surface area (Å²) in [5.74, 6) is 1.40. The summed E-state index contributed by atoms with van der Waals surface area (Å²) < 4.78 is 37.8. The van der Waals surface area contributed by atoms with Crippen LogP contribution < -0.4 is 5.73 Å². The number of hydrogen-bond acceptors (Lipinski definition) is 2. The van der Waals surface area contributed by atoms with Crippen molar-refractivity contribution in [1.29, 1.82) is 0 Å². The third-order valence-corrected chi connectivity index (χ3v) is 5.57. The van der Waals surface area contributed by atoms with E-state index in [1.165, 1.54) is 12.5 Å². The Kier molecular flexibility index (Phi) is 4.57. The molecular formula is C15H20F3NS. The molecule has 112 valence electrons. The molecule has 2 rings (SSSR count). The van der Waals surface area contributed by atoms with Gasteiger partial charge in [-0.2, -0.15) is 13.2 Å². The molecule has 1 saturated carbocycles. The van der Waals surface area contributed by atoms with E-state index in [0.29, 0.717) is 11.2 Å². The zero-order valence-corrected chi connectivity index (χ0v) is 12.5. The average Bonchev–Trinajstić information content (AvgIpc) is 2.35. The third-order valence-electron chi connectivity index (χ3n) is 4.18. The van der Waals surface area contributed by atoms with Crippen molar-refractivity contribution in [3.05, 3.63) is 23.8 Å². The van der Waals surface area contributed by atoms with Crippen molar-refractivity contribution < 1.29 is 13.2 Å². The van der Waals surface area contributed by atoms with E-state index in [1.807, 2.05) is 0 Å². The number of rotatable bonds is 2. The Labute approximate surface area is 122 Å². The molecule has 1 nitrogen and oxygen atoms in total. The number of benzene rings is 1. The van der Waals surface area contributed by atoms with Crippen LogP contribution in [0.4, 0.5) is 18.9 Å². The van der Waals surface area contributed by atoms with Crippen LogP contribution in [-0.2, 0) is 6.18 Å². The SMILES string of the molecule is CC1CCC(Sc2ccc(C(F)(F)F)cc2N)CC1C. The molecule has 1 aliphatic rings. The van der Waals surface area contributed by atoms with E-state index in [-0.39, 0.29) is 5.69 Å². The van der Waals surface area contributed by atoms with Crippen LogP contribution >= 0.6 is 11.8 Å². The van der Waals surface area contributed by atoms with E-state index in [4.69, 9.17) is 5.73 Å². The minimum Gasteiger partial charge on any atom is -0.398 e. The molecule has 1 fully saturated rings. The highest BCUT2D eigenvalue weighted by Crippen LogP contribution is 2.41. The summed E-state index contributed by atoms with van der Waals surface area (Å²) in [7, 11) is 0. The number of anilines is 1. The molecule has 0 aliphatic heterocycles. The van der Waals surface area contributed by atoms with Crippen LogP contribution in [0.25, 0.3) is 0 Å². The number of thioether (sulfide) groups is 1. The summed E-state index contributed by atoms with van der Waals surface area (Å²) >= 11 is 1.62. The molecule has 0 heterocycles. The van der Waals surface area contributed by atoms with Gasteiger partial charge in [0.05, 0.1) is 5.56 Å². The predicted octanol–water partition coefficient (Wildman–Crippen LogP) is 5.20. The minimum atomic E-state index is -4.33. The molecule has 0 amide bonds. The lowest BCUT2D eigenvalue weighted by molar-refractivity contribution is -0.137. The quantitative estimate of drug-likeness (QED) is 0.759. The maximum Gasteiger partial charge on any atom is 0.416 e. The number of halogens is 3. The normalized spacial score (nSPS) is 27.6. The number of nitrogens with two attached hydrogens (primary N) is 1. The number of nitrogen functional groups attached to an aromatic ring is 1. The average molecular weight is 303 g/mol. The number of hydrogen-bond donors (Lipinski definition) is 1. The number of alkyl halides is 3. The molecule has 0 radical (unpaired) electrons. The summed E-state index contributed by atoms with van der Waals surface area (Å²) in [5.41, 5.74) is 5.33. The van der Waals surface area contributed by atoms with Crippen LogP contribution in [-0.4, -0.2) is 5.25 Å².